The Balaban J connectivity index is 1.57. The van der Waals surface area contributed by atoms with Gasteiger partial charge < -0.3 is 10.1 Å². The Labute approximate surface area is 150 Å². The molecule has 0 aliphatic carbocycles. The lowest BCUT2D eigenvalue weighted by Crippen LogP contribution is -2.45. The summed E-state index contributed by atoms with van der Waals surface area (Å²) in [5.74, 6) is 0.0177. The van der Waals surface area contributed by atoms with Crippen LogP contribution in [-0.4, -0.2) is 24.2 Å². The molecule has 0 spiro atoms. The molecule has 1 N–H and O–H groups in total. The quantitative estimate of drug-likeness (QED) is 0.850. The van der Waals surface area contributed by atoms with E-state index in [0.29, 0.717) is 0 Å². The van der Waals surface area contributed by atoms with E-state index in [4.69, 9.17) is 4.74 Å². The molecule has 3 rings (SSSR count). The molecule has 3 heteroatoms. The maximum atomic E-state index is 12.4. The second-order valence-corrected chi connectivity index (χ2v) is 6.82. The van der Waals surface area contributed by atoms with E-state index in [1.807, 2.05) is 36.4 Å². The van der Waals surface area contributed by atoms with E-state index in [-0.39, 0.29) is 24.2 Å². The predicted molar refractivity (Wildman–Crippen MR) is 101 cm³/mol. The van der Waals surface area contributed by atoms with Crippen molar-refractivity contribution in [2.45, 2.75) is 57.3 Å². The largest absolute Gasteiger partial charge is 0.375 e. The summed E-state index contributed by atoms with van der Waals surface area (Å²) >= 11 is 0. The number of nitrogens with one attached hydrogen (secondary N) is 1. The monoisotopic (exact) mass is 337 g/mol. The molecule has 3 nitrogen and oxygen atoms in total. The smallest absolute Gasteiger partial charge is 0.251 e. The summed E-state index contributed by atoms with van der Waals surface area (Å²) in [5, 5.41) is 3.21. The molecule has 1 amide bonds. The number of hydrogen-bond acceptors (Lipinski definition) is 2. The van der Waals surface area contributed by atoms with Crippen molar-refractivity contribution in [2.75, 3.05) is 0 Å². The van der Waals surface area contributed by atoms with E-state index in [0.717, 1.165) is 37.7 Å². The second kappa shape index (κ2) is 8.82. The summed E-state index contributed by atoms with van der Waals surface area (Å²) < 4.78 is 6.22. The third-order valence-corrected chi connectivity index (χ3v) is 4.90. The van der Waals surface area contributed by atoms with Crippen LogP contribution in [0.1, 0.15) is 48.5 Å². The van der Waals surface area contributed by atoms with Crippen molar-refractivity contribution in [3.63, 3.8) is 0 Å². The van der Waals surface area contributed by atoms with Gasteiger partial charge in [0.25, 0.3) is 5.91 Å². The fourth-order valence-electron chi connectivity index (χ4n) is 3.51. The van der Waals surface area contributed by atoms with E-state index in [9.17, 15) is 4.79 Å². The Morgan fingerprint density at radius 3 is 2.32 bits per heavy atom. The molecule has 3 atom stereocenters. The van der Waals surface area contributed by atoms with Crippen LogP contribution in [0.2, 0.25) is 0 Å². The van der Waals surface area contributed by atoms with Gasteiger partial charge in [0.1, 0.15) is 0 Å². The summed E-state index contributed by atoms with van der Waals surface area (Å²) in [5.41, 5.74) is 2.07. The number of hydrogen-bond donors (Lipinski definition) is 1. The summed E-state index contributed by atoms with van der Waals surface area (Å²) in [6.45, 7) is 2.15. The number of aryl methyl sites for hydroxylation is 1. The zero-order valence-corrected chi connectivity index (χ0v) is 14.9. The Hall–Kier alpha value is -2.13. The van der Waals surface area contributed by atoms with E-state index in [1.54, 1.807) is 0 Å². The van der Waals surface area contributed by atoms with E-state index in [2.05, 4.69) is 36.5 Å². The normalized spacial score (nSPS) is 23.2. The van der Waals surface area contributed by atoms with Gasteiger partial charge in [-0.25, -0.2) is 0 Å². The van der Waals surface area contributed by atoms with Crippen LogP contribution in [0.5, 0.6) is 0 Å². The van der Waals surface area contributed by atoms with Gasteiger partial charge in [-0.15, -0.1) is 0 Å². The average Bonchev–Trinajstić information content (AvgIpc) is 2.67. The summed E-state index contributed by atoms with van der Waals surface area (Å²) in [4.78, 5) is 12.4. The van der Waals surface area contributed by atoms with Crippen LogP contribution >= 0.6 is 0 Å². The fraction of sp³-hybridized carbons (Fsp3) is 0.409. The topological polar surface area (TPSA) is 38.3 Å². The molecule has 0 saturated carbocycles. The van der Waals surface area contributed by atoms with Crippen LogP contribution in [-0.2, 0) is 11.2 Å². The highest BCUT2D eigenvalue weighted by Gasteiger charge is 2.29. The third-order valence-electron chi connectivity index (χ3n) is 4.90. The van der Waals surface area contributed by atoms with Crippen molar-refractivity contribution in [3.8, 4) is 0 Å². The molecule has 1 aliphatic rings. The number of benzene rings is 2. The van der Waals surface area contributed by atoms with Gasteiger partial charge >= 0.3 is 0 Å². The van der Waals surface area contributed by atoms with Crippen molar-refractivity contribution in [3.05, 3.63) is 71.8 Å². The first-order valence-electron chi connectivity index (χ1n) is 9.30. The minimum atomic E-state index is 0.0177. The molecule has 25 heavy (non-hydrogen) atoms. The zero-order valence-electron chi connectivity index (χ0n) is 14.9. The summed E-state index contributed by atoms with van der Waals surface area (Å²) in [6.07, 6.45) is 5.23. The lowest BCUT2D eigenvalue weighted by molar-refractivity contribution is -0.0640. The van der Waals surface area contributed by atoms with E-state index in [1.165, 1.54) is 5.56 Å². The number of ether oxygens (including phenoxy) is 1. The first-order valence-corrected chi connectivity index (χ1v) is 9.30. The predicted octanol–water partition coefficient (Wildman–Crippen LogP) is 4.38. The molecule has 132 valence electrons. The molecule has 1 heterocycles. The van der Waals surface area contributed by atoms with Crippen LogP contribution in [0.15, 0.2) is 60.7 Å². The highest BCUT2D eigenvalue weighted by Crippen LogP contribution is 2.25. The highest BCUT2D eigenvalue weighted by atomic mass is 16.5. The molecular formula is C22H27NO2. The van der Waals surface area contributed by atoms with Gasteiger partial charge in [0.15, 0.2) is 0 Å². The number of rotatable bonds is 6. The SMILES string of the molecule is CC[C@@H]1C[C@H](NC(=O)c2ccccc2)C[C@H](CCc2ccccc2)O1. The first-order chi connectivity index (χ1) is 12.2. The molecule has 0 bridgehead atoms. The minimum absolute atomic E-state index is 0.0177. The van der Waals surface area contributed by atoms with Gasteiger partial charge in [-0.1, -0.05) is 55.5 Å². The first kappa shape index (κ1) is 17.7. The van der Waals surface area contributed by atoms with Gasteiger partial charge in [-0.05, 0) is 49.8 Å². The van der Waals surface area contributed by atoms with Gasteiger partial charge in [0.2, 0.25) is 0 Å². The van der Waals surface area contributed by atoms with Gasteiger partial charge in [0.05, 0.1) is 12.2 Å². The Morgan fingerprint density at radius 1 is 1.00 bits per heavy atom. The molecule has 0 unspecified atom stereocenters. The van der Waals surface area contributed by atoms with Crippen LogP contribution in [0.25, 0.3) is 0 Å². The van der Waals surface area contributed by atoms with Crippen molar-refractivity contribution in [1.29, 1.82) is 0 Å². The number of amides is 1. The van der Waals surface area contributed by atoms with Crippen molar-refractivity contribution < 1.29 is 9.53 Å². The van der Waals surface area contributed by atoms with E-state index >= 15 is 0 Å². The minimum Gasteiger partial charge on any atom is -0.375 e. The average molecular weight is 337 g/mol. The van der Waals surface area contributed by atoms with Gasteiger partial charge in [-0.3, -0.25) is 4.79 Å². The molecule has 2 aromatic carbocycles. The Morgan fingerprint density at radius 2 is 1.64 bits per heavy atom. The molecule has 1 fully saturated rings. The number of carbonyl (C=O) groups excluding carboxylic acids is 1. The molecular weight excluding hydrogens is 310 g/mol. The lowest BCUT2D eigenvalue weighted by atomic mass is 9.93. The lowest BCUT2D eigenvalue weighted by Gasteiger charge is -2.35. The maximum absolute atomic E-state index is 12.4. The maximum Gasteiger partial charge on any atom is 0.251 e. The van der Waals surface area contributed by atoms with Crippen molar-refractivity contribution >= 4 is 5.91 Å². The fourth-order valence-corrected chi connectivity index (χ4v) is 3.51. The van der Waals surface area contributed by atoms with Crippen LogP contribution in [0.3, 0.4) is 0 Å². The Kier molecular flexibility index (Phi) is 6.24. The summed E-state index contributed by atoms with van der Waals surface area (Å²) in [6, 6.07) is 20.2. The Bertz CT molecular complexity index is 656. The second-order valence-electron chi connectivity index (χ2n) is 6.82. The van der Waals surface area contributed by atoms with Crippen LogP contribution in [0, 0.1) is 0 Å². The summed E-state index contributed by atoms with van der Waals surface area (Å²) in [7, 11) is 0. The molecule has 0 radical (unpaired) electrons. The molecule has 0 aromatic heterocycles. The third kappa shape index (κ3) is 5.17. The number of carbonyl (C=O) groups is 1. The van der Waals surface area contributed by atoms with Crippen LogP contribution < -0.4 is 5.32 Å². The van der Waals surface area contributed by atoms with Crippen LogP contribution in [0.4, 0.5) is 0 Å². The molecule has 1 aliphatic heterocycles. The zero-order chi connectivity index (χ0) is 17.5. The van der Waals surface area contributed by atoms with Crippen molar-refractivity contribution in [2.24, 2.45) is 0 Å². The van der Waals surface area contributed by atoms with E-state index < -0.39 is 0 Å². The van der Waals surface area contributed by atoms with Gasteiger partial charge in [0, 0.05) is 11.6 Å². The van der Waals surface area contributed by atoms with Gasteiger partial charge in [-0.2, -0.15) is 0 Å². The molecule has 1 saturated heterocycles. The van der Waals surface area contributed by atoms with Crippen molar-refractivity contribution in [1.82, 2.24) is 5.32 Å². The highest BCUT2D eigenvalue weighted by molar-refractivity contribution is 5.94. The standard InChI is InChI=1S/C22H27NO2/c1-2-20-15-19(23-22(24)18-11-7-4-8-12-18)16-21(25-20)14-13-17-9-5-3-6-10-17/h3-12,19-21H,2,13-16H2,1H3,(H,23,24)/t19-,20+,21-/m0/s1. The molecule has 2 aromatic rings.